The molecule has 0 aromatic rings. The highest BCUT2D eigenvalue weighted by atomic mass is 16.5. The minimum atomic E-state index is -2.68. The van der Waals surface area contributed by atoms with Crippen LogP contribution in [0.4, 0.5) is 0 Å². The number of hydrogen-bond donors (Lipinski definition) is 4. The molecule has 8 heteroatoms. The van der Waals surface area contributed by atoms with Crippen molar-refractivity contribution in [2.24, 2.45) is 10.8 Å². The maximum absolute atomic E-state index is 11.7. The molecule has 0 radical (unpaired) electrons. The highest BCUT2D eigenvalue weighted by molar-refractivity contribution is 6.35. The molecule has 2 aliphatic heterocycles. The third kappa shape index (κ3) is 0.783. The third-order valence-corrected chi connectivity index (χ3v) is 4.23. The molecular weight excluding hydrogens is 244 g/mol. The molecule has 2 spiro atoms. The molecule has 0 unspecified atom stereocenters. The molecule has 18 heavy (non-hydrogen) atoms. The Morgan fingerprint density at radius 1 is 0.833 bits per heavy atom. The minimum Gasteiger partial charge on any atom is -0.364 e. The molecule has 4 amide bonds. The number of aliphatic hydroxyl groups is 2. The molecule has 0 bridgehead atoms. The van der Waals surface area contributed by atoms with Crippen LogP contribution >= 0.6 is 0 Å². The molecule has 3 rings (SSSR count). The molecule has 1 saturated carbocycles. The Hall–Kier alpha value is -1.80. The van der Waals surface area contributed by atoms with Crippen molar-refractivity contribution in [2.45, 2.75) is 25.0 Å². The Morgan fingerprint density at radius 3 is 1.72 bits per heavy atom. The van der Waals surface area contributed by atoms with Crippen LogP contribution in [-0.2, 0) is 19.2 Å². The fourth-order valence-corrected chi connectivity index (χ4v) is 3.32. The summed E-state index contributed by atoms with van der Waals surface area (Å²) in [6.45, 7) is 0. The first kappa shape index (κ1) is 11.3. The van der Waals surface area contributed by atoms with Crippen molar-refractivity contribution in [3.63, 3.8) is 0 Å². The summed E-state index contributed by atoms with van der Waals surface area (Å²) in [6.07, 6.45) is -0.122. The van der Waals surface area contributed by atoms with Crippen molar-refractivity contribution < 1.29 is 29.4 Å². The van der Waals surface area contributed by atoms with Crippen LogP contribution in [0.5, 0.6) is 0 Å². The highest BCUT2D eigenvalue weighted by Gasteiger charge is 2.85. The van der Waals surface area contributed by atoms with Gasteiger partial charge in [0.05, 0.1) is 0 Å². The van der Waals surface area contributed by atoms with Crippen molar-refractivity contribution in [3.05, 3.63) is 0 Å². The molecule has 4 N–H and O–H groups in total. The molecule has 0 atom stereocenters. The zero-order valence-electron chi connectivity index (χ0n) is 9.15. The summed E-state index contributed by atoms with van der Waals surface area (Å²) in [5.74, 6) is -6.26. The molecule has 0 aromatic heterocycles. The van der Waals surface area contributed by atoms with Crippen LogP contribution < -0.4 is 10.6 Å². The molecule has 2 saturated heterocycles. The molecule has 2 heterocycles. The number of nitrogens with one attached hydrogen (secondary N) is 2. The number of amides is 4. The largest absolute Gasteiger partial charge is 0.364 e. The van der Waals surface area contributed by atoms with Gasteiger partial charge in [-0.1, -0.05) is 0 Å². The van der Waals surface area contributed by atoms with Gasteiger partial charge in [0, 0.05) is 6.42 Å². The van der Waals surface area contributed by atoms with Gasteiger partial charge in [0.2, 0.25) is 29.0 Å². The topological polar surface area (TPSA) is 133 Å². The van der Waals surface area contributed by atoms with Gasteiger partial charge in [-0.25, -0.2) is 0 Å². The van der Waals surface area contributed by atoms with E-state index in [1.54, 1.807) is 0 Å². The highest BCUT2D eigenvalue weighted by Crippen LogP contribution is 2.60. The molecule has 96 valence electrons. The van der Waals surface area contributed by atoms with Crippen molar-refractivity contribution in [3.8, 4) is 0 Å². The predicted molar refractivity (Wildman–Crippen MR) is 52.2 cm³/mol. The Labute approximate surface area is 100 Å². The molecule has 1 aliphatic carbocycles. The van der Waals surface area contributed by atoms with Crippen LogP contribution in [0, 0.1) is 10.8 Å². The average Bonchev–Trinajstić information content (AvgIpc) is 2.27. The fraction of sp³-hybridized carbons (Fsp3) is 0.600. The van der Waals surface area contributed by atoms with E-state index >= 15 is 0 Å². The summed E-state index contributed by atoms with van der Waals surface area (Å²) < 4.78 is 0. The Bertz CT molecular complexity index is 494. The van der Waals surface area contributed by atoms with E-state index in [2.05, 4.69) is 0 Å². The SMILES string of the molecule is O=C1NC(=O)C12CCCC(O)(O)C21C(=O)NC1=O. The molecule has 0 aromatic carbocycles. The zero-order chi connectivity index (χ0) is 13.3. The molecule has 8 nitrogen and oxygen atoms in total. The van der Waals surface area contributed by atoms with Gasteiger partial charge in [-0.15, -0.1) is 0 Å². The van der Waals surface area contributed by atoms with Crippen LogP contribution in [0.2, 0.25) is 0 Å². The molecule has 3 aliphatic rings. The number of β-lactam (4-membered cyclic amide) rings is 4. The third-order valence-electron chi connectivity index (χ3n) is 4.23. The van der Waals surface area contributed by atoms with Gasteiger partial charge in [-0.2, -0.15) is 0 Å². The van der Waals surface area contributed by atoms with Gasteiger partial charge in [0.25, 0.3) is 0 Å². The van der Waals surface area contributed by atoms with Crippen LogP contribution in [0.25, 0.3) is 0 Å². The Balaban J connectivity index is 2.26. The Kier molecular flexibility index (Phi) is 1.75. The predicted octanol–water partition coefficient (Wildman–Crippen LogP) is -2.86. The normalized spacial score (nSPS) is 30.6. The van der Waals surface area contributed by atoms with E-state index in [1.807, 2.05) is 10.6 Å². The van der Waals surface area contributed by atoms with E-state index < -0.39 is 40.2 Å². The standard InChI is InChI=1S/C10H10N2O6/c13-4-8(5(14)11-4)2-1-3-9(17,18)10(8)6(15)12-7(10)16/h17-18H,1-3H2,(H,11,13,14)(H,12,15,16). The first-order valence-electron chi connectivity index (χ1n) is 5.47. The summed E-state index contributed by atoms with van der Waals surface area (Å²) in [5, 5.41) is 23.7. The smallest absolute Gasteiger partial charge is 0.249 e. The van der Waals surface area contributed by atoms with Gasteiger partial charge in [0.15, 0.2) is 11.2 Å². The number of carbonyl (C=O) groups is 4. The van der Waals surface area contributed by atoms with Crippen LogP contribution in [0.3, 0.4) is 0 Å². The second-order valence-electron chi connectivity index (χ2n) is 4.89. The first-order valence-corrected chi connectivity index (χ1v) is 5.47. The lowest BCUT2D eigenvalue weighted by atomic mass is 9.46. The molecule has 3 fully saturated rings. The van der Waals surface area contributed by atoms with E-state index in [1.165, 1.54) is 0 Å². The lowest BCUT2D eigenvalue weighted by Crippen LogP contribution is -2.88. The number of rotatable bonds is 0. The quantitative estimate of drug-likeness (QED) is 0.209. The average molecular weight is 254 g/mol. The summed E-state index contributed by atoms with van der Waals surface area (Å²) in [6, 6.07) is 0. The van der Waals surface area contributed by atoms with Crippen molar-refractivity contribution in [1.29, 1.82) is 0 Å². The van der Waals surface area contributed by atoms with E-state index in [9.17, 15) is 29.4 Å². The summed E-state index contributed by atoms with van der Waals surface area (Å²) in [7, 11) is 0. The number of carbonyl (C=O) groups excluding carboxylic acids is 4. The monoisotopic (exact) mass is 254 g/mol. The maximum atomic E-state index is 11.7. The van der Waals surface area contributed by atoms with E-state index in [0.717, 1.165) is 0 Å². The van der Waals surface area contributed by atoms with E-state index in [-0.39, 0.29) is 19.3 Å². The van der Waals surface area contributed by atoms with Gasteiger partial charge < -0.3 is 10.2 Å². The lowest BCUT2D eigenvalue weighted by molar-refractivity contribution is -0.286. The molecular formula is C10H10N2O6. The second-order valence-corrected chi connectivity index (χ2v) is 4.89. The lowest BCUT2D eigenvalue weighted by Gasteiger charge is -2.60. The van der Waals surface area contributed by atoms with Gasteiger partial charge in [0.1, 0.15) is 0 Å². The number of hydrogen-bond acceptors (Lipinski definition) is 6. The van der Waals surface area contributed by atoms with Crippen molar-refractivity contribution in [2.75, 3.05) is 0 Å². The van der Waals surface area contributed by atoms with Gasteiger partial charge >= 0.3 is 0 Å². The van der Waals surface area contributed by atoms with Crippen LogP contribution in [0.15, 0.2) is 0 Å². The van der Waals surface area contributed by atoms with E-state index in [0.29, 0.717) is 0 Å². The second kappa shape index (κ2) is 2.78. The van der Waals surface area contributed by atoms with Crippen molar-refractivity contribution in [1.82, 2.24) is 10.6 Å². The van der Waals surface area contributed by atoms with Gasteiger partial charge in [-0.05, 0) is 12.8 Å². The number of imide groups is 2. The summed E-state index contributed by atoms with van der Waals surface area (Å²) in [4.78, 5) is 46.9. The van der Waals surface area contributed by atoms with Crippen LogP contribution in [0.1, 0.15) is 19.3 Å². The fourth-order valence-electron chi connectivity index (χ4n) is 3.32. The number of fused-ring (bicyclic) bond motifs is 1. The Morgan fingerprint density at radius 2 is 1.33 bits per heavy atom. The zero-order valence-corrected chi connectivity index (χ0v) is 9.15. The maximum Gasteiger partial charge on any atom is 0.249 e. The van der Waals surface area contributed by atoms with Gasteiger partial charge in [-0.3, -0.25) is 29.8 Å². The van der Waals surface area contributed by atoms with Crippen LogP contribution in [-0.4, -0.2) is 39.6 Å². The van der Waals surface area contributed by atoms with Crippen molar-refractivity contribution >= 4 is 23.6 Å². The summed E-state index contributed by atoms with van der Waals surface area (Å²) >= 11 is 0. The minimum absolute atomic E-state index is 0.0420. The summed E-state index contributed by atoms with van der Waals surface area (Å²) in [5.41, 5.74) is -4.36. The van der Waals surface area contributed by atoms with E-state index in [4.69, 9.17) is 0 Å². The first-order chi connectivity index (χ1) is 8.30.